The number of nitrogens with one attached hydrogen (secondary N) is 2. The van der Waals surface area contributed by atoms with Gasteiger partial charge in [-0.3, -0.25) is 9.78 Å². The molecule has 0 radical (unpaired) electrons. The molecule has 3 aromatic rings. The van der Waals surface area contributed by atoms with Crippen LogP contribution < -0.4 is 10.6 Å². The highest BCUT2D eigenvalue weighted by Crippen LogP contribution is 2.26. The third-order valence-corrected chi connectivity index (χ3v) is 5.38. The van der Waals surface area contributed by atoms with E-state index in [2.05, 4.69) is 20.7 Å². The highest BCUT2D eigenvalue weighted by Gasteiger charge is 2.28. The number of amides is 1. The summed E-state index contributed by atoms with van der Waals surface area (Å²) in [5, 5.41) is 28.7. The standard InChI is InChI=1S/C26H31FN6O4/c1-15(24(35)37-25(2,3)4)32-19-10-20(21-8-7-17-9-16(11-28)12-31-33(17)21)29-13-18(19)23(34)30-14-22(27)26(5,6)36/h7-10,12-13,15,22,36H,14H2,1-6H3,(H,29,32)(H,30,34)/t15?,22-/m1/s1. The van der Waals surface area contributed by atoms with Crippen LogP contribution in [0, 0.1) is 11.3 Å². The number of fused-ring (bicyclic) bond motifs is 1. The number of alkyl halides is 1. The molecular formula is C26H31FN6O4. The Kier molecular flexibility index (Phi) is 7.83. The quantitative estimate of drug-likeness (QED) is 0.392. The first-order chi connectivity index (χ1) is 17.2. The highest BCUT2D eigenvalue weighted by molar-refractivity contribution is 6.00. The fraction of sp³-hybridized carbons (Fsp3) is 0.423. The molecule has 0 aliphatic carbocycles. The lowest BCUT2D eigenvalue weighted by atomic mass is 10.0. The molecule has 0 aromatic carbocycles. The van der Waals surface area contributed by atoms with Crippen molar-refractivity contribution in [3.63, 3.8) is 0 Å². The van der Waals surface area contributed by atoms with Gasteiger partial charge in [0.25, 0.3) is 5.91 Å². The number of halogens is 1. The van der Waals surface area contributed by atoms with Gasteiger partial charge in [-0.1, -0.05) is 0 Å². The summed E-state index contributed by atoms with van der Waals surface area (Å²) in [6.45, 7) is 9.05. The van der Waals surface area contributed by atoms with E-state index in [4.69, 9.17) is 10.00 Å². The Balaban J connectivity index is 1.98. The van der Waals surface area contributed by atoms with Crippen molar-refractivity contribution in [2.24, 2.45) is 0 Å². The fourth-order valence-electron chi connectivity index (χ4n) is 3.36. The second-order valence-corrected chi connectivity index (χ2v) is 10.3. The number of rotatable bonds is 8. The summed E-state index contributed by atoms with van der Waals surface area (Å²) in [6.07, 6.45) is 1.05. The van der Waals surface area contributed by atoms with Crippen molar-refractivity contribution in [1.29, 1.82) is 5.26 Å². The smallest absolute Gasteiger partial charge is 0.328 e. The molecule has 0 saturated heterocycles. The molecule has 196 valence electrons. The van der Waals surface area contributed by atoms with Gasteiger partial charge in [-0.15, -0.1) is 0 Å². The monoisotopic (exact) mass is 510 g/mol. The zero-order chi connectivity index (χ0) is 27.5. The second-order valence-electron chi connectivity index (χ2n) is 10.3. The molecular weight excluding hydrogens is 479 g/mol. The van der Waals surface area contributed by atoms with Crippen molar-refractivity contribution in [3.8, 4) is 17.5 Å². The van der Waals surface area contributed by atoms with Crippen molar-refractivity contribution in [1.82, 2.24) is 19.9 Å². The number of aromatic nitrogens is 3. The van der Waals surface area contributed by atoms with Gasteiger partial charge in [0.1, 0.15) is 23.9 Å². The maximum Gasteiger partial charge on any atom is 0.328 e. The van der Waals surface area contributed by atoms with Crippen molar-refractivity contribution in [2.45, 2.75) is 65.0 Å². The lowest BCUT2D eigenvalue weighted by Gasteiger charge is -2.24. The molecule has 3 rings (SSSR count). The molecule has 10 nitrogen and oxygen atoms in total. The van der Waals surface area contributed by atoms with E-state index in [9.17, 15) is 19.1 Å². The summed E-state index contributed by atoms with van der Waals surface area (Å²) in [4.78, 5) is 30.0. The number of hydrogen-bond acceptors (Lipinski definition) is 8. The van der Waals surface area contributed by atoms with E-state index in [1.807, 2.05) is 6.07 Å². The van der Waals surface area contributed by atoms with Crippen molar-refractivity contribution >= 4 is 23.1 Å². The summed E-state index contributed by atoms with van der Waals surface area (Å²) < 4.78 is 21.3. The van der Waals surface area contributed by atoms with Gasteiger partial charge in [0.05, 0.1) is 52.1 Å². The van der Waals surface area contributed by atoms with Crippen molar-refractivity contribution < 1.29 is 23.8 Å². The van der Waals surface area contributed by atoms with Crippen LogP contribution in [0.5, 0.6) is 0 Å². The van der Waals surface area contributed by atoms with Crippen LogP contribution in [0.1, 0.15) is 57.5 Å². The minimum Gasteiger partial charge on any atom is -0.458 e. The normalized spacial score (nSPS) is 13.5. The Hall–Kier alpha value is -4.04. The first-order valence-electron chi connectivity index (χ1n) is 11.7. The number of anilines is 1. The van der Waals surface area contributed by atoms with Crippen LogP contribution in [-0.4, -0.2) is 61.5 Å². The molecule has 37 heavy (non-hydrogen) atoms. The van der Waals surface area contributed by atoms with Gasteiger partial charge >= 0.3 is 5.97 Å². The third kappa shape index (κ3) is 6.80. The zero-order valence-corrected chi connectivity index (χ0v) is 21.7. The van der Waals surface area contributed by atoms with E-state index in [-0.39, 0.29) is 11.3 Å². The van der Waals surface area contributed by atoms with Gasteiger partial charge < -0.3 is 20.5 Å². The first kappa shape index (κ1) is 27.5. The van der Waals surface area contributed by atoms with Crippen LogP contribution in [0.2, 0.25) is 0 Å². The Bertz CT molecular complexity index is 1350. The van der Waals surface area contributed by atoms with Crippen LogP contribution in [-0.2, 0) is 9.53 Å². The number of ether oxygens (including phenoxy) is 1. The topological polar surface area (TPSA) is 142 Å². The average Bonchev–Trinajstić information content (AvgIpc) is 3.23. The fourth-order valence-corrected chi connectivity index (χ4v) is 3.36. The predicted octanol–water partition coefficient (Wildman–Crippen LogP) is 3.25. The maximum atomic E-state index is 14.2. The van der Waals surface area contributed by atoms with Crippen LogP contribution in [0.15, 0.2) is 36.7 Å². The van der Waals surface area contributed by atoms with Crippen molar-refractivity contribution in [3.05, 3.63) is 47.8 Å². The molecule has 11 heteroatoms. The number of nitrogens with zero attached hydrogens (tertiary/aromatic N) is 4. The summed E-state index contributed by atoms with van der Waals surface area (Å²) in [5.74, 6) is -1.16. The van der Waals surface area contributed by atoms with Crippen LogP contribution in [0.25, 0.3) is 16.9 Å². The molecule has 3 N–H and O–H groups in total. The molecule has 2 atom stereocenters. The van der Waals surface area contributed by atoms with E-state index in [0.29, 0.717) is 22.5 Å². The molecule has 0 aliphatic rings. The molecule has 0 spiro atoms. The van der Waals surface area contributed by atoms with E-state index in [1.54, 1.807) is 56.5 Å². The van der Waals surface area contributed by atoms with Gasteiger partial charge in [-0.25, -0.2) is 13.7 Å². The van der Waals surface area contributed by atoms with Crippen molar-refractivity contribution in [2.75, 3.05) is 11.9 Å². The Morgan fingerprint density at radius 3 is 2.54 bits per heavy atom. The average molecular weight is 511 g/mol. The van der Waals surface area contributed by atoms with Gasteiger partial charge in [0.2, 0.25) is 0 Å². The number of carbonyl (C=O) groups is 2. The van der Waals surface area contributed by atoms with E-state index in [1.165, 1.54) is 26.2 Å². The van der Waals surface area contributed by atoms with E-state index >= 15 is 0 Å². The lowest BCUT2D eigenvalue weighted by molar-refractivity contribution is -0.155. The number of nitriles is 1. The lowest BCUT2D eigenvalue weighted by Crippen LogP contribution is -2.42. The molecule has 3 aromatic heterocycles. The van der Waals surface area contributed by atoms with Gasteiger partial charge in [-0.2, -0.15) is 10.4 Å². The van der Waals surface area contributed by atoms with Gasteiger partial charge in [0.15, 0.2) is 0 Å². The minimum absolute atomic E-state index is 0.0719. The molecule has 3 heterocycles. The second kappa shape index (κ2) is 10.5. The summed E-state index contributed by atoms with van der Waals surface area (Å²) in [6, 6.07) is 8.02. The number of aliphatic hydroxyl groups is 1. The molecule has 0 saturated carbocycles. The molecule has 0 bridgehead atoms. The number of hydrogen-bond donors (Lipinski definition) is 3. The molecule has 1 amide bonds. The van der Waals surface area contributed by atoms with Crippen LogP contribution in [0.3, 0.4) is 0 Å². The first-order valence-corrected chi connectivity index (χ1v) is 11.7. The van der Waals surface area contributed by atoms with E-state index < -0.39 is 41.8 Å². The molecule has 1 unspecified atom stereocenters. The SMILES string of the molecule is CC(Nc1cc(-c2ccc3cc(C#N)cnn23)ncc1C(=O)NC[C@@H](F)C(C)(C)O)C(=O)OC(C)(C)C. The maximum absolute atomic E-state index is 14.2. The predicted molar refractivity (Wildman–Crippen MR) is 136 cm³/mol. The van der Waals surface area contributed by atoms with Crippen LogP contribution >= 0.6 is 0 Å². The highest BCUT2D eigenvalue weighted by atomic mass is 19.1. The number of pyridine rings is 1. The summed E-state index contributed by atoms with van der Waals surface area (Å²) >= 11 is 0. The van der Waals surface area contributed by atoms with Crippen LogP contribution in [0.4, 0.5) is 10.1 Å². The Morgan fingerprint density at radius 2 is 1.92 bits per heavy atom. The molecule has 0 fully saturated rings. The Morgan fingerprint density at radius 1 is 1.22 bits per heavy atom. The van der Waals surface area contributed by atoms with Gasteiger partial charge in [0, 0.05) is 6.20 Å². The summed E-state index contributed by atoms with van der Waals surface area (Å²) in [5.41, 5.74) is 0.111. The largest absolute Gasteiger partial charge is 0.458 e. The summed E-state index contributed by atoms with van der Waals surface area (Å²) in [7, 11) is 0. The minimum atomic E-state index is -1.70. The Labute approximate surface area is 214 Å². The zero-order valence-electron chi connectivity index (χ0n) is 21.7. The van der Waals surface area contributed by atoms with E-state index in [0.717, 1.165) is 0 Å². The third-order valence-electron chi connectivity index (χ3n) is 5.38. The number of carbonyl (C=O) groups excluding carboxylic acids is 2. The van der Waals surface area contributed by atoms with Gasteiger partial charge in [-0.05, 0) is 65.8 Å². The molecule has 0 aliphatic heterocycles. The number of esters is 1.